The highest BCUT2D eigenvalue weighted by Gasteiger charge is 2.17. The summed E-state index contributed by atoms with van der Waals surface area (Å²) in [5, 5.41) is 5.81. The third kappa shape index (κ3) is 5.79. The van der Waals surface area contributed by atoms with E-state index in [1.807, 2.05) is 24.3 Å². The molecule has 0 saturated carbocycles. The molecule has 3 rings (SSSR count). The summed E-state index contributed by atoms with van der Waals surface area (Å²) in [5.74, 6) is -0.454. The molecule has 0 radical (unpaired) electrons. The molecule has 0 bridgehead atoms. The van der Waals surface area contributed by atoms with Crippen molar-refractivity contribution in [3.05, 3.63) is 59.7 Å². The number of amides is 2. The Hall–Kier alpha value is -2.90. The van der Waals surface area contributed by atoms with Gasteiger partial charge in [0, 0.05) is 44.5 Å². The number of hydrogen-bond donors (Lipinski definition) is 2. The molecule has 2 amide bonds. The molecule has 0 unspecified atom stereocenters. The van der Waals surface area contributed by atoms with Crippen LogP contribution in [0.5, 0.6) is 0 Å². The van der Waals surface area contributed by atoms with Crippen molar-refractivity contribution in [3.8, 4) is 0 Å². The summed E-state index contributed by atoms with van der Waals surface area (Å²) in [5.41, 5.74) is 2.60. The van der Waals surface area contributed by atoms with E-state index in [4.69, 9.17) is 9.47 Å². The summed E-state index contributed by atoms with van der Waals surface area (Å²) in [7, 11) is 1.63. The van der Waals surface area contributed by atoms with E-state index in [1.165, 1.54) is 0 Å². The molecule has 0 spiro atoms. The summed E-state index contributed by atoms with van der Waals surface area (Å²) in [6.45, 7) is 4.02. The van der Waals surface area contributed by atoms with Crippen molar-refractivity contribution in [2.45, 2.75) is 6.42 Å². The fourth-order valence-electron chi connectivity index (χ4n) is 3.18. The lowest BCUT2D eigenvalue weighted by molar-refractivity contribution is 0.0948. The predicted molar refractivity (Wildman–Crippen MR) is 113 cm³/mol. The highest BCUT2D eigenvalue weighted by molar-refractivity contribution is 6.07. The first kappa shape index (κ1) is 20.8. The van der Waals surface area contributed by atoms with Crippen molar-refractivity contribution in [2.24, 2.45) is 0 Å². The molecule has 29 heavy (non-hydrogen) atoms. The number of nitrogens with zero attached hydrogens (tertiary/aromatic N) is 1. The van der Waals surface area contributed by atoms with Crippen LogP contribution >= 0.6 is 0 Å². The highest BCUT2D eigenvalue weighted by atomic mass is 16.5. The maximum Gasteiger partial charge on any atom is 0.255 e. The minimum Gasteiger partial charge on any atom is -0.385 e. The van der Waals surface area contributed by atoms with Crippen LogP contribution in [0.2, 0.25) is 0 Å². The van der Waals surface area contributed by atoms with Crippen molar-refractivity contribution in [1.29, 1.82) is 0 Å². The Morgan fingerprint density at radius 3 is 2.52 bits per heavy atom. The zero-order valence-electron chi connectivity index (χ0n) is 16.6. The van der Waals surface area contributed by atoms with Gasteiger partial charge in [0.1, 0.15) is 0 Å². The van der Waals surface area contributed by atoms with Crippen LogP contribution in [0.4, 0.5) is 11.4 Å². The van der Waals surface area contributed by atoms with E-state index in [0.717, 1.165) is 30.9 Å². The molecule has 1 saturated heterocycles. The lowest BCUT2D eigenvalue weighted by atomic mass is 10.1. The molecular formula is C22H27N3O4. The minimum absolute atomic E-state index is 0.204. The fourth-order valence-corrected chi connectivity index (χ4v) is 3.18. The van der Waals surface area contributed by atoms with Crippen LogP contribution in [0.25, 0.3) is 0 Å². The molecule has 2 N–H and O–H groups in total. The molecule has 2 aromatic carbocycles. The number of hydrogen-bond acceptors (Lipinski definition) is 5. The molecular weight excluding hydrogens is 370 g/mol. The Labute approximate surface area is 171 Å². The number of morpholine rings is 1. The zero-order chi connectivity index (χ0) is 20.5. The molecule has 1 fully saturated rings. The molecule has 1 heterocycles. The first-order chi connectivity index (χ1) is 14.2. The normalized spacial score (nSPS) is 13.8. The smallest absolute Gasteiger partial charge is 0.255 e. The number of para-hydroxylation sites is 2. The van der Waals surface area contributed by atoms with Crippen LogP contribution in [-0.2, 0) is 9.47 Å². The summed E-state index contributed by atoms with van der Waals surface area (Å²) in [6.07, 6.45) is 0.737. The van der Waals surface area contributed by atoms with Crippen molar-refractivity contribution < 1.29 is 19.1 Å². The first-order valence-electron chi connectivity index (χ1n) is 9.79. The standard InChI is InChI=1S/C22H27N3O4/c1-28-13-5-10-23-21(26)17-6-4-7-18(16-17)22(27)24-19-8-2-3-9-20(19)25-11-14-29-15-12-25/h2-4,6-9,16H,5,10-15H2,1H3,(H,23,26)(H,24,27). The van der Waals surface area contributed by atoms with Gasteiger partial charge in [-0.15, -0.1) is 0 Å². The third-order valence-corrected chi connectivity index (χ3v) is 4.70. The van der Waals surface area contributed by atoms with Crippen LogP contribution in [0.1, 0.15) is 27.1 Å². The highest BCUT2D eigenvalue weighted by Crippen LogP contribution is 2.26. The first-order valence-corrected chi connectivity index (χ1v) is 9.79. The van der Waals surface area contributed by atoms with E-state index in [0.29, 0.717) is 37.5 Å². The second-order valence-corrected chi connectivity index (χ2v) is 6.75. The van der Waals surface area contributed by atoms with Crippen LogP contribution < -0.4 is 15.5 Å². The number of methoxy groups -OCH3 is 1. The van der Waals surface area contributed by atoms with Crippen molar-refractivity contribution in [1.82, 2.24) is 5.32 Å². The van der Waals surface area contributed by atoms with E-state index < -0.39 is 0 Å². The summed E-state index contributed by atoms with van der Waals surface area (Å²) in [6, 6.07) is 14.4. The average molecular weight is 397 g/mol. The summed E-state index contributed by atoms with van der Waals surface area (Å²) >= 11 is 0. The quantitative estimate of drug-likeness (QED) is 0.669. The molecule has 7 nitrogen and oxygen atoms in total. The van der Waals surface area contributed by atoms with Crippen molar-refractivity contribution in [2.75, 3.05) is 56.8 Å². The summed E-state index contributed by atoms with van der Waals surface area (Å²) in [4.78, 5) is 27.3. The van der Waals surface area contributed by atoms with Gasteiger partial charge in [-0.1, -0.05) is 18.2 Å². The summed E-state index contributed by atoms with van der Waals surface area (Å²) < 4.78 is 10.4. The van der Waals surface area contributed by atoms with E-state index >= 15 is 0 Å². The molecule has 1 aliphatic rings. The van der Waals surface area contributed by atoms with Gasteiger partial charge in [-0.3, -0.25) is 9.59 Å². The fraction of sp³-hybridized carbons (Fsp3) is 0.364. The van der Waals surface area contributed by atoms with Crippen molar-refractivity contribution in [3.63, 3.8) is 0 Å². The number of carbonyl (C=O) groups excluding carboxylic acids is 2. The number of nitrogens with one attached hydrogen (secondary N) is 2. The molecule has 154 valence electrons. The van der Waals surface area contributed by atoms with Gasteiger partial charge in [-0.2, -0.15) is 0 Å². The van der Waals surface area contributed by atoms with Gasteiger partial charge in [0.05, 0.1) is 24.6 Å². The van der Waals surface area contributed by atoms with E-state index in [-0.39, 0.29) is 11.8 Å². The van der Waals surface area contributed by atoms with Crippen LogP contribution in [0, 0.1) is 0 Å². The Morgan fingerprint density at radius 2 is 1.76 bits per heavy atom. The molecule has 0 aromatic heterocycles. The van der Waals surface area contributed by atoms with Gasteiger partial charge >= 0.3 is 0 Å². The van der Waals surface area contributed by atoms with Gasteiger partial charge < -0.3 is 25.0 Å². The van der Waals surface area contributed by atoms with Gasteiger partial charge in [0.15, 0.2) is 0 Å². The van der Waals surface area contributed by atoms with Gasteiger partial charge in [-0.25, -0.2) is 0 Å². The number of rotatable bonds is 8. The van der Waals surface area contributed by atoms with Crippen LogP contribution in [0.15, 0.2) is 48.5 Å². The lowest BCUT2D eigenvalue weighted by Crippen LogP contribution is -2.36. The third-order valence-electron chi connectivity index (χ3n) is 4.70. The van der Waals surface area contributed by atoms with Crippen molar-refractivity contribution >= 4 is 23.2 Å². The monoisotopic (exact) mass is 397 g/mol. The number of ether oxygens (including phenoxy) is 2. The van der Waals surface area contributed by atoms with Gasteiger partial charge in [-0.05, 0) is 36.8 Å². The maximum absolute atomic E-state index is 12.8. The molecule has 2 aromatic rings. The van der Waals surface area contributed by atoms with Gasteiger partial charge in [0.2, 0.25) is 0 Å². The average Bonchev–Trinajstić information content (AvgIpc) is 2.77. The predicted octanol–water partition coefficient (Wildman–Crippen LogP) is 2.54. The molecule has 7 heteroatoms. The Balaban J connectivity index is 1.68. The Kier molecular flexibility index (Phi) is 7.61. The second-order valence-electron chi connectivity index (χ2n) is 6.75. The van der Waals surface area contributed by atoms with Crippen LogP contribution in [-0.4, -0.2) is 58.4 Å². The van der Waals surface area contributed by atoms with E-state index in [1.54, 1.807) is 31.4 Å². The molecule has 0 atom stereocenters. The Bertz CT molecular complexity index is 834. The molecule has 1 aliphatic heterocycles. The SMILES string of the molecule is COCCCNC(=O)c1cccc(C(=O)Nc2ccccc2N2CCOCC2)c1. The van der Waals surface area contributed by atoms with Crippen LogP contribution in [0.3, 0.4) is 0 Å². The number of carbonyl (C=O) groups is 2. The second kappa shape index (κ2) is 10.6. The molecule has 0 aliphatic carbocycles. The Morgan fingerprint density at radius 1 is 1.03 bits per heavy atom. The minimum atomic E-state index is -0.250. The van der Waals surface area contributed by atoms with Gasteiger partial charge in [0.25, 0.3) is 11.8 Å². The topological polar surface area (TPSA) is 79.9 Å². The van der Waals surface area contributed by atoms with E-state index in [2.05, 4.69) is 15.5 Å². The lowest BCUT2D eigenvalue weighted by Gasteiger charge is -2.30. The largest absolute Gasteiger partial charge is 0.385 e. The number of benzene rings is 2. The zero-order valence-corrected chi connectivity index (χ0v) is 16.6. The van der Waals surface area contributed by atoms with E-state index in [9.17, 15) is 9.59 Å². The maximum atomic E-state index is 12.8. The number of anilines is 2.